The maximum atomic E-state index is 13.4. The summed E-state index contributed by atoms with van der Waals surface area (Å²) in [6, 6.07) is 12.1. The second-order valence-corrected chi connectivity index (χ2v) is 6.33. The Balaban J connectivity index is 1.59. The maximum absolute atomic E-state index is 13.4. The fourth-order valence-electron chi connectivity index (χ4n) is 2.96. The molecule has 0 atom stereocenters. The lowest BCUT2D eigenvalue weighted by molar-refractivity contribution is -0.131. The van der Waals surface area contributed by atoms with E-state index in [1.807, 2.05) is 24.3 Å². The van der Waals surface area contributed by atoms with E-state index in [1.54, 1.807) is 16.9 Å². The third-order valence-electron chi connectivity index (χ3n) is 4.27. The lowest BCUT2D eigenvalue weighted by Crippen LogP contribution is -2.02. The van der Waals surface area contributed by atoms with Crippen LogP contribution in [0.4, 0.5) is 15.9 Å². The molecule has 0 saturated carbocycles. The quantitative estimate of drug-likeness (QED) is 0.487. The van der Waals surface area contributed by atoms with Crippen LogP contribution in [0.5, 0.6) is 0 Å². The van der Waals surface area contributed by atoms with Crippen LogP contribution in [0, 0.1) is 5.82 Å². The Hall–Kier alpha value is -4.07. The van der Waals surface area contributed by atoms with Gasteiger partial charge in [0.25, 0.3) is 0 Å². The predicted molar refractivity (Wildman–Crippen MR) is 107 cm³/mol. The predicted octanol–water partition coefficient (Wildman–Crippen LogP) is 3.86. The SMILES string of the molecule is O=C(O)/C=C/c1cncnc1Nc1ccc2c(cnn2Cc2cccc(F)c2)c1. The molecule has 4 rings (SSSR count). The van der Waals surface area contributed by atoms with E-state index >= 15 is 0 Å². The molecule has 0 aliphatic rings. The van der Waals surface area contributed by atoms with Gasteiger partial charge >= 0.3 is 5.97 Å². The van der Waals surface area contributed by atoms with E-state index in [-0.39, 0.29) is 5.82 Å². The third-order valence-corrected chi connectivity index (χ3v) is 4.27. The standard InChI is InChI=1S/C21H16FN5O2/c22-17-3-1-2-14(8-17)12-27-19-6-5-18(9-16(19)11-25-27)26-21-15(4-7-20(28)29)10-23-13-24-21/h1-11,13H,12H2,(H,28,29)(H,23,24,26)/b7-4+. The van der Waals surface area contributed by atoms with Crippen LogP contribution >= 0.6 is 0 Å². The molecular formula is C21H16FN5O2. The lowest BCUT2D eigenvalue weighted by Gasteiger charge is -2.09. The van der Waals surface area contributed by atoms with Crippen LogP contribution in [0.3, 0.4) is 0 Å². The van der Waals surface area contributed by atoms with Gasteiger partial charge in [-0.15, -0.1) is 0 Å². The highest BCUT2D eigenvalue weighted by Crippen LogP contribution is 2.24. The number of fused-ring (bicyclic) bond motifs is 1. The number of halogens is 1. The number of hydrogen-bond donors (Lipinski definition) is 2. The molecule has 0 bridgehead atoms. The summed E-state index contributed by atoms with van der Waals surface area (Å²) < 4.78 is 15.2. The number of carbonyl (C=O) groups is 1. The van der Waals surface area contributed by atoms with Crippen molar-refractivity contribution in [2.75, 3.05) is 5.32 Å². The molecule has 0 saturated heterocycles. The van der Waals surface area contributed by atoms with Crippen LogP contribution in [-0.4, -0.2) is 30.8 Å². The van der Waals surface area contributed by atoms with Crippen LogP contribution in [0.1, 0.15) is 11.1 Å². The summed E-state index contributed by atoms with van der Waals surface area (Å²) in [6.45, 7) is 0.462. The number of carboxylic acids is 1. The summed E-state index contributed by atoms with van der Waals surface area (Å²) in [5, 5.41) is 17.3. The van der Waals surface area contributed by atoms with Crippen molar-refractivity contribution in [3.8, 4) is 0 Å². The van der Waals surface area contributed by atoms with Gasteiger partial charge in [0.2, 0.25) is 0 Å². The van der Waals surface area contributed by atoms with Gasteiger partial charge in [0.1, 0.15) is 18.0 Å². The van der Waals surface area contributed by atoms with Gasteiger partial charge in [-0.05, 0) is 42.0 Å². The van der Waals surface area contributed by atoms with Gasteiger partial charge in [-0.3, -0.25) is 4.68 Å². The van der Waals surface area contributed by atoms with Crippen LogP contribution < -0.4 is 5.32 Å². The van der Waals surface area contributed by atoms with Crippen molar-refractivity contribution in [1.82, 2.24) is 19.7 Å². The zero-order valence-corrected chi connectivity index (χ0v) is 15.2. The molecular weight excluding hydrogens is 373 g/mol. The second kappa shape index (κ2) is 7.89. The molecule has 0 aliphatic heterocycles. The molecule has 2 heterocycles. The Morgan fingerprint density at radius 2 is 2.10 bits per heavy atom. The van der Waals surface area contributed by atoms with E-state index < -0.39 is 5.97 Å². The summed E-state index contributed by atoms with van der Waals surface area (Å²) in [6.07, 6.45) is 7.12. The number of anilines is 2. The van der Waals surface area contributed by atoms with Crippen molar-refractivity contribution in [1.29, 1.82) is 0 Å². The smallest absolute Gasteiger partial charge is 0.328 e. The molecule has 0 fully saturated rings. The lowest BCUT2D eigenvalue weighted by atomic mass is 10.2. The maximum Gasteiger partial charge on any atom is 0.328 e. The first-order valence-corrected chi connectivity index (χ1v) is 8.76. The Morgan fingerprint density at radius 3 is 2.93 bits per heavy atom. The number of nitrogens with zero attached hydrogens (tertiary/aromatic N) is 4. The molecule has 2 aromatic carbocycles. The Bertz CT molecular complexity index is 1220. The summed E-state index contributed by atoms with van der Waals surface area (Å²) in [4.78, 5) is 18.9. The van der Waals surface area contributed by atoms with Crippen molar-refractivity contribution in [3.63, 3.8) is 0 Å². The normalized spacial score (nSPS) is 11.2. The van der Waals surface area contributed by atoms with Gasteiger partial charge in [-0.2, -0.15) is 5.10 Å². The fraction of sp³-hybridized carbons (Fsp3) is 0.0476. The van der Waals surface area contributed by atoms with Gasteiger partial charge in [0.05, 0.1) is 18.3 Å². The van der Waals surface area contributed by atoms with Gasteiger partial charge < -0.3 is 10.4 Å². The molecule has 0 amide bonds. The Kier molecular flexibility index (Phi) is 4.98. The second-order valence-electron chi connectivity index (χ2n) is 6.33. The van der Waals surface area contributed by atoms with E-state index in [9.17, 15) is 9.18 Å². The molecule has 2 aromatic heterocycles. The molecule has 0 unspecified atom stereocenters. The number of aromatic nitrogens is 4. The largest absolute Gasteiger partial charge is 0.478 e. The summed E-state index contributed by atoms with van der Waals surface area (Å²) in [5.74, 6) is -0.834. The Morgan fingerprint density at radius 1 is 1.21 bits per heavy atom. The van der Waals surface area contributed by atoms with E-state index in [0.717, 1.165) is 28.2 Å². The first-order valence-electron chi connectivity index (χ1n) is 8.76. The van der Waals surface area contributed by atoms with E-state index in [0.29, 0.717) is 17.9 Å². The van der Waals surface area contributed by atoms with Crippen LogP contribution in [-0.2, 0) is 11.3 Å². The van der Waals surface area contributed by atoms with Crippen LogP contribution in [0.2, 0.25) is 0 Å². The van der Waals surface area contributed by atoms with E-state index in [2.05, 4.69) is 20.4 Å². The number of rotatable bonds is 6. The highest BCUT2D eigenvalue weighted by atomic mass is 19.1. The molecule has 7 nitrogen and oxygen atoms in total. The number of aliphatic carboxylic acids is 1. The molecule has 0 radical (unpaired) electrons. The van der Waals surface area contributed by atoms with E-state index in [4.69, 9.17) is 5.11 Å². The fourth-order valence-corrected chi connectivity index (χ4v) is 2.96. The average molecular weight is 389 g/mol. The van der Waals surface area contributed by atoms with Crippen molar-refractivity contribution in [3.05, 3.63) is 84.2 Å². The summed E-state index contributed by atoms with van der Waals surface area (Å²) >= 11 is 0. The minimum Gasteiger partial charge on any atom is -0.478 e. The molecule has 29 heavy (non-hydrogen) atoms. The third kappa shape index (κ3) is 4.27. The molecule has 4 aromatic rings. The number of hydrogen-bond acceptors (Lipinski definition) is 5. The first kappa shape index (κ1) is 18.3. The van der Waals surface area contributed by atoms with Crippen LogP contribution in [0.15, 0.2) is 67.3 Å². The molecule has 144 valence electrons. The molecule has 8 heteroatoms. The topological polar surface area (TPSA) is 92.9 Å². The van der Waals surface area contributed by atoms with Crippen molar-refractivity contribution in [2.45, 2.75) is 6.54 Å². The summed E-state index contributed by atoms with van der Waals surface area (Å²) in [7, 11) is 0. The van der Waals surface area contributed by atoms with Crippen LogP contribution in [0.25, 0.3) is 17.0 Å². The zero-order valence-electron chi connectivity index (χ0n) is 15.2. The molecule has 0 spiro atoms. The van der Waals surface area contributed by atoms with Gasteiger partial charge in [-0.25, -0.2) is 19.2 Å². The van der Waals surface area contributed by atoms with Gasteiger partial charge in [0.15, 0.2) is 0 Å². The Labute approximate surface area is 165 Å². The molecule has 2 N–H and O–H groups in total. The number of carboxylic acid groups (broad SMARTS) is 1. The van der Waals surface area contributed by atoms with Gasteiger partial charge in [0, 0.05) is 28.9 Å². The highest BCUT2D eigenvalue weighted by molar-refractivity contribution is 5.87. The average Bonchev–Trinajstić information content (AvgIpc) is 3.09. The first-order chi connectivity index (χ1) is 14.1. The van der Waals surface area contributed by atoms with Crippen molar-refractivity contribution < 1.29 is 14.3 Å². The monoisotopic (exact) mass is 389 g/mol. The van der Waals surface area contributed by atoms with Crippen molar-refractivity contribution >= 4 is 34.5 Å². The van der Waals surface area contributed by atoms with E-state index in [1.165, 1.54) is 30.7 Å². The summed E-state index contributed by atoms with van der Waals surface area (Å²) in [5.41, 5.74) is 3.06. The highest BCUT2D eigenvalue weighted by Gasteiger charge is 2.07. The van der Waals surface area contributed by atoms with Gasteiger partial charge in [-0.1, -0.05) is 12.1 Å². The zero-order chi connectivity index (χ0) is 20.2. The number of nitrogens with one attached hydrogen (secondary N) is 1. The number of benzene rings is 2. The molecule has 0 aliphatic carbocycles. The minimum atomic E-state index is -1.05. The van der Waals surface area contributed by atoms with Crippen molar-refractivity contribution in [2.24, 2.45) is 0 Å². The minimum absolute atomic E-state index is 0.275.